The van der Waals surface area contributed by atoms with Gasteiger partial charge in [-0.1, -0.05) is 29.8 Å². The second-order valence-electron chi connectivity index (χ2n) is 5.51. The largest absolute Gasteiger partial charge is 0.236 e. The Kier molecular flexibility index (Phi) is 5.49. The van der Waals surface area contributed by atoms with Gasteiger partial charge in [0.1, 0.15) is 0 Å². The van der Waals surface area contributed by atoms with Gasteiger partial charge in [0.05, 0.1) is 6.07 Å². The minimum atomic E-state index is -4.94. The first-order valence-corrected chi connectivity index (χ1v) is 7.41. The maximum atomic E-state index is 8.49. The quantitative estimate of drug-likeness (QED) is 0.597. The highest BCUT2D eigenvalue weighted by atomic mass is 35.7. The SMILES string of the molecule is Cc1ccc(-c2cc[n+](C(C)(C)C)o2)cc1.[O-][Cl+3]([O-])([O-])[O-]. The first-order chi connectivity index (χ1) is 9.47. The molecule has 7 heteroatoms. The highest BCUT2D eigenvalue weighted by Crippen LogP contribution is 2.19. The van der Waals surface area contributed by atoms with Crippen LogP contribution in [-0.4, -0.2) is 0 Å². The van der Waals surface area contributed by atoms with Gasteiger partial charge in [-0.2, -0.15) is 0 Å². The Bertz CT molecular complexity index is 560. The second kappa shape index (κ2) is 6.55. The predicted molar refractivity (Wildman–Crippen MR) is 64.1 cm³/mol. The first kappa shape index (κ1) is 17.6. The number of aryl methyl sites for hydroxylation is 1. The molecule has 0 fully saturated rings. The number of hydrogen-bond acceptors (Lipinski definition) is 5. The summed E-state index contributed by atoms with van der Waals surface area (Å²) in [4.78, 5) is 0. The van der Waals surface area contributed by atoms with E-state index >= 15 is 0 Å². The van der Waals surface area contributed by atoms with Gasteiger partial charge in [-0.25, -0.2) is 23.2 Å². The molecule has 0 aliphatic heterocycles. The molecule has 0 atom stereocenters. The van der Waals surface area contributed by atoms with Crippen molar-refractivity contribution >= 4 is 0 Å². The smallest absolute Gasteiger partial charge is 0.221 e. The van der Waals surface area contributed by atoms with Crippen molar-refractivity contribution in [2.75, 3.05) is 0 Å². The van der Waals surface area contributed by atoms with Gasteiger partial charge in [0, 0.05) is 26.3 Å². The Labute approximate surface area is 125 Å². The molecule has 0 unspecified atom stereocenters. The molecule has 0 saturated heterocycles. The molecule has 2 aromatic rings. The maximum absolute atomic E-state index is 8.49. The van der Waals surface area contributed by atoms with E-state index in [1.807, 2.05) is 17.0 Å². The van der Waals surface area contributed by atoms with Crippen LogP contribution in [0.1, 0.15) is 26.3 Å². The molecule has 2 rings (SSSR count). The van der Waals surface area contributed by atoms with Crippen LogP contribution in [-0.2, 0) is 5.54 Å². The van der Waals surface area contributed by atoms with Crippen molar-refractivity contribution in [3.05, 3.63) is 42.1 Å². The van der Waals surface area contributed by atoms with Crippen LogP contribution in [0.4, 0.5) is 0 Å². The average Bonchev–Trinajstić information content (AvgIpc) is 2.76. The summed E-state index contributed by atoms with van der Waals surface area (Å²) < 4.78 is 41.6. The summed E-state index contributed by atoms with van der Waals surface area (Å²) in [7, 11) is -4.94. The van der Waals surface area contributed by atoms with Crippen molar-refractivity contribution in [2.24, 2.45) is 0 Å². The zero-order valence-electron chi connectivity index (χ0n) is 12.3. The summed E-state index contributed by atoms with van der Waals surface area (Å²) in [6, 6.07) is 10.4. The zero-order chi connectivity index (χ0) is 16.3. The van der Waals surface area contributed by atoms with Crippen LogP contribution >= 0.6 is 0 Å². The van der Waals surface area contributed by atoms with Crippen LogP contribution in [0, 0.1) is 17.2 Å². The Hall–Kier alpha value is -1.44. The van der Waals surface area contributed by atoms with E-state index in [0.29, 0.717) is 0 Å². The lowest BCUT2D eigenvalue weighted by Crippen LogP contribution is -2.68. The molecule has 116 valence electrons. The Morgan fingerprint density at radius 2 is 1.43 bits per heavy atom. The molecule has 0 bridgehead atoms. The Morgan fingerprint density at radius 1 is 0.952 bits per heavy atom. The van der Waals surface area contributed by atoms with Crippen molar-refractivity contribution in [1.82, 2.24) is 0 Å². The predicted octanol–water partition coefficient (Wildman–Crippen LogP) is -1.46. The van der Waals surface area contributed by atoms with Crippen molar-refractivity contribution in [3.8, 4) is 11.3 Å². The number of aromatic nitrogens is 1. The monoisotopic (exact) mass is 315 g/mol. The summed E-state index contributed by atoms with van der Waals surface area (Å²) in [5.41, 5.74) is 2.37. The summed E-state index contributed by atoms with van der Waals surface area (Å²) in [5.74, 6) is 0.912. The summed E-state index contributed by atoms with van der Waals surface area (Å²) >= 11 is 0. The third-order valence-corrected chi connectivity index (χ3v) is 2.56. The summed E-state index contributed by atoms with van der Waals surface area (Å²) in [5, 5.41) is 0. The summed E-state index contributed by atoms with van der Waals surface area (Å²) in [6.07, 6.45) is 1.98. The molecule has 1 heterocycles. The molecule has 1 aromatic heterocycles. The van der Waals surface area contributed by atoms with E-state index in [1.54, 1.807) is 0 Å². The Balaban J connectivity index is 0.000000383. The van der Waals surface area contributed by atoms with Crippen LogP contribution in [0.15, 0.2) is 41.1 Å². The van der Waals surface area contributed by atoms with Crippen LogP contribution in [0.5, 0.6) is 0 Å². The lowest BCUT2D eigenvalue weighted by molar-refractivity contribution is -2.00. The fraction of sp³-hybridized carbons (Fsp3) is 0.357. The van der Waals surface area contributed by atoms with Gasteiger partial charge in [-0.3, -0.25) is 0 Å². The maximum Gasteiger partial charge on any atom is 0.221 e. The molecule has 1 aromatic carbocycles. The third-order valence-electron chi connectivity index (χ3n) is 2.56. The van der Waals surface area contributed by atoms with Crippen LogP contribution in [0.3, 0.4) is 0 Å². The topological polar surface area (TPSA) is 109 Å². The molecule has 0 aliphatic carbocycles. The lowest BCUT2D eigenvalue weighted by atomic mass is 10.1. The van der Waals surface area contributed by atoms with E-state index in [0.717, 1.165) is 11.3 Å². The van der Waals surface area contributed by atoms with Crippen LogP contribution in [0.2, 0.25) is 0 Å². The molecule has 0 spiro atoms. The normalized spacial score (nSPS) is 11.8. The Morgan fingerprint density at radius 3 is 1.81 bits per heavy atom. The average molecular weight is 316 g/mol. The fourth-order valence-electron chi connectivity index (χ4n) is 1.53. The first-order valence-electron chi connectivity index (χ1n) is 6.18. The lowest BCUT2D eigenvalue weighted by Gasteiger charge is -2.17. The minimum absolute atomic E-state index is 0.0110. The van der Waals surface area contributed by atoms with E-state index in [9.17, 15) is 0 Å². The number of halogens is 1. The fourth-order valence-corrected chi connectivity index (χ4v) is 1.53. The number of rotatable bonds is 1. The molecule has 0 N–H and O–H groups in total. The van der Waals surface area contributed by atoms with Crippen molar-refractivity contribution in [1.29, 1.82) is 0 Å². The zero-order valence-corrected chi connectivity index (χ0v) is 13.1. The van der Waals surface area contributed by atoms with Crippen LogP contribution < -0.4 is 23.4 Å². The van der Waals surface area contributed by atoms with Gasteiger partial charge >= 0.3 is 0 Å². The summed E-state index contributed by atoms with van der Waals surface area (Å²) in [6.45, 7) is 8.45. The van der Waals surface area contributed by atoms with E-state index in [1.165, 1.54) is 5.56 Å². The molecular weight excluding hydrogens is 298 g/mol. The molecule has 0 radical (unpaired) electrons. The number of hydrogen-bond donors (Lipinski definition) is 0. The van der Waals surface area contributed by atoms with Crippen molar-refractivity contribution in [2.45, 2.75) is 33.2 Å². The van der Waals surface area contributed by atoms with Gasteiger partial charge < -0.3 is 0 Å². The second-order valence-corrected chi connectivity index (χ2v) is 6.27. The molecule has 6 nitrogen and oxygen atoms in total. The number of nitrogens with zero attached hydrogens (tertiary/aromatic N) is 1. The third kappa shape index (κ3) is 6.70. The van der Waals surface area contributed by atoms with Gasteiger partial charge in [0.25, 0.3) is 0 Å². The van der Waals surface area contributed by atoms with E-state index in [4.69, 9.17) is 23.2 Å². The van der Waals surface area contributed by atoms with Gasteiger partial charge in [-0.05, 0) is 11.7 Å². The highest BCUT2D eigenvalue weighted by molar-refractivity contribution is 5.56. The highest BCUT2D eigenvalue weighted by Gasteiger charge is 2.26. The van der Waals surface area contributed by atoms with Crippen LogP contribution in [0.25, 0.3) is 11.3 Å². The van der Waals surface area contributed by atoms with Crippen molar-refractivity contribution in [3.63, 3.8) is 0 Å². The van der Waals surface area contributed by atoms with Gasteiger partial charge in [-0.15, -0.1) is 10.2 Å². The van der Waals surface area contributed by atoms with Gasteiger partial charge in [0.2, 0.25) is 17.5 Å². The molecule has 0 aliphatic rings. The molecule has 0 saturated carbocycles. The standard InChI is InChI=1S/C14H18NO.ClHO4/c1-11-5-7-12(8-6-11)13-9-10-15(16-13)14(2,3)4;2-1(3,4)5/h5-10H,1-4H3;(H,2,3,4,5)/q+1;/p-1. The molecular formula is C14H18ClNO5. The minimum Gasteiger partial charge on any atom is -0.236 e. The number of benzene rings is 1. The molecule has 0 amide bonds. The van der Waals surface area contributed by atoms with Gasteiger partial charge in [0.15, 0.2) is 0 Å². The van der Waals surface area contributed by atoms with E-state index in [2.05, 4.69) is 52.0 Å². The van der Waals surface area contributed by atoms with E-state index in [-0.39, 0.29) is 5.54 Å². The van der Waals surface area contributed by atoms with E-state index < -0.39 is 10.2 Å². The molecule has 21 heavy (non-hydrogen) atoms. The van der Waals surface area contributed by atoms with Crippen molar-refractivity contribution < 1.29 is 38.1 Å².